The summed E-state index contributed by atoms with van der Waals surface area (Å²) in [5.41, 5.74) is 0.874. The van der Waals surface area contributed by atoms with Crippen molar-refractivity contribution in [3.63, 3.8) is 0 Å². The molecule has 1 heterocycles. The van der Waals surface area contributed by atoms with Gasteiger partial charge in [-0.15, -0.1) is 0 Å². The van der Waals surface area contributed by atoms with Crippen molar-refractivity contribution in [1.82, 2.24) is 4.90 Å². The van der Waals surface area contributed by atoms with Gasteiger partial charge in [0.2, 0.25) is 0 Å². The molecule has 0 bridgehead atoms. The van der Waals surface area contributed by atoms with Crippen LogP contribution in [-0.2, 0) is 9.84 Å². The lowest BCUT2D eigenvalue weighted by atomic mass is 10.0. The van der Waals surface area contributed by atoms with E-state index in [1.54, 1.807) is 0 Å². The van der Waals surface area contributed by atoms with E-state index in [1.807, 2.05) is 42.2 Å². The van der Waals surface area contributed by atoms with E-state index < -0.39 is 15.9 Å². The van der Waals surface area contributed by atoms with E-state index in [4.69, 9.17) is 0 Å². The number of aliphatic hydroxyl groups excluding tert-OH is 1. The smallest absolute Gasteiger partial charge is 0.152 e. The Morgan fingerprint density at radius 1 is 1.17 bits per heavy atom. The quantitative estimate of drug-likeness (QED) is 0.883. The molecule has 1 fully saturated rings. The third kappa shape index (κ3) is 3.10. The van der Waals surface area contributed by atoms with Gasteiger partial charge in [-0.05, 0) is 12.5 Å². The maximum Gasteiger partial charge on any atom is 0.152 e. The first-order chi connectivity index (χ1) is 8.49. The monoisotopic (exact) mass is 269 g/mol. The van der Waals surface area contributed by atoms with Crippen molar-refractivity contribution in [2.45, 2.75) is 19.1 Å². The minimum Gasteiger partial charge on any atom is -0.387 e. The summed E-state index contributed by atoms with van der Waals surface area (Å²) in [5, 5.41) is 10.3. The molecule has 2 rings (SSSR count). The normalized spacial score (nSPS) is 23.4. The molecule has 5 heteroatoms. The summed E-state index contributed by atoms with van der Waals surface area (Å²) in [5.74, 6) is 0.387. The van der Waals surface area contributed by atoms with E-state index >= 15 is 0 Å². The lowest BCUT2D eigenvalue weighted by Gasteiger charge is -2.34. The van der Waals surface area contributed by atoms with Crippen LogP contribution in [0.4, 0.5) is 0 Å². The second kappa shape index (κ2) is 5.38. The Morgan fingerprint density at radius 2 is 1.72 bits per heavy atom. The summed E-state index contributed by atoms with van der Waals surface area (Å²) in [4.78, 5) is 2.04. The number of hydrogen-bond donors (Lipinski definition) is 1. The average molecular weight is 269 g/mol. The number of nitrogens with zero attached hydrogens (tertiary/aromatic N) is 1. The van der Waals surface area contributed by atoms with Crippen LogP contribution in [0.3, 0.4) is 0 Å². The number of sulfone groups is 1. The van der Waals surface area contributed by atoms with Gasteiger partial charge in [0, 0.05) is 19.1 Å². The Balaban J connectivity index is 2.02. The molecule has 4 nitrogen and oxygen atoms in total. The standard InChI is InChI=1S/C13H19NO3S/c1-11(13(15)12-5-3-2-4-6-12)14-7-9-18(16,17)10-8-14/h2-6,11,13,15H,7-10H2,1H3. The molecule has 2 atom stereocenters. The van der Waals surface area contributed by atoms with Gasteiger partial charge in [-0.25, -0.2) is 8.42 Å². The van der Waals surface area contributed by atoms with Crippen molar-refractivity contribution >= 4 is 9.84 Å². The van der Waals surface area contributed by atoms with Crippen LogP contribution in [0.1, 0.15) is 18.6 Å². The highest BCUT2D eigenvalue weighted by atomic mass is 32.2. The summed E-state index contributed by atoms with van der Waals surface area (Å²) in [6, 6.07) is 9.42. The van der Waals surface area contributed by atoms with E-state index in [-0.39, 0.29) is 17.5 Å². The molecule has 1 aromatic rings. The summed E-state index contributed by atoms with van der Waals surface area (Å²) >= 11 is 0. The van der Waals surface area contributed by atoms with Crippen LogP contribution in [0, 0.1) is 0 Å². The maximum absolute atomic E-state index is 11.4. The Bertz CT molecular complexity index is 472. The van der Waals surface area contributed by atoms with Gasteiger partial charge in [0.15, 0.2) is 9.84 Å². The second-order valence-electron chi connectivity index (χ2n) is 4.78. The Morgan fingerprint density at radius 3 is 2.28 bits per heavy atom. The molecule has 0 aliphatic carbocycles. The number of rotatable bonds is 3. The van der Waals surface area contributed by atoms with Crippen molar-refractivity contribution in [3.8, 4) is 0 Å². The molecule has 1 saturated heterocycles. The highest BCUT2D eigenvalue weighted by Crippen LogP contribution is 2.21. The molecule has 1 N–H and O–H groups in total. The minimum absolute atomic E-state index is 0.0668. The van der Waals surface area contributed by atoms with Gasteiger partial charge in [0.05, 0.1) is 17.6 Å². The number of aliphatic hydroxyl groups is 1. The van der Waals surface area contributed by atoms with Crippen molar-refractivity contribution in [2.24, 2.45) is 0 Å². The van der Waals surface area contributed by atoms with Gasteiger partial charge in [-0.1, -0.05) is 30.3 Å². The minimum atomic E-state index is -2.86. The second-order valence-corrected chi connectivity index (χ2v) is 7.09. The van der Waals surface area contributed by atoms with E-state index in [0.29, 0.717) is 13.1 Å². The van der Waals surface area contributed by atoms with E-state index in [1.165, 1.54) is 0 Å². The van der Waals surface area contributed by atoms with Gasteiger partial charge in [-0.3, -0.25) is 4.90 Å². The summed E-state index contributed by atoms with van der Waals surface area (Å²) in [6.45, 7) is 2.95. The molecule has 18 heavy (non-hydrogen) atoms. The lowest BCUT2D eigenvalue weighted by Crippen LogP contribution is -2.47. The van der Waals surface area contributed by atoms with Crippen molar-refractivity contribution in [2.75, 3.05) is 24.6 Å². The number of hydrogen-bond acceptors (Lipinski definition) is 4. The zero-order valence-corrected chi connectivity index (χ0v) is 11.3. The third-order valence-electron chi connectivity index (χ3n) is 3.55. The molecule has 100 valence electrons. The van der Waals surface area contributed by atoms with Crippen LogP contribution in [0.5, 0.6) is 0 Å². The Kier molecular flexibility index (Phi) is 4.04. The fourth-order valence-electron chi connectivity index (χ4n) is 2.26. The maximum atomic E-state index is 11.4. The van der Waals surface area contributed by atoms with Crippen LogP contribution in [-0.4, -0.2) is 49.1 Å². The first kappa shape index (κ1) is 13.5. The molecule has 0 saturated carbocycles. The highest BCUT2D eigenvalue weighted by molar-refractivity contribution is 7.91. The van der Waals surface area contributed by atoms with Crippen molar-refractivity contribution in [3.05, 3.63) is 35.9 Å². The average Bonchev–Trinajstić information content (AvgIpc) is 2.38. The summed E-state index contributed by atoms with van der Waals surface area (Å²) < 4.78 is 22.7. The predicted octanol–water partition coefficient (Wildman–Crippen LogP) is 0.839. The zero-order valence-electron chi connectivity index (χ0n) is 10.5. The molecular formula is C13H19NO3S. The highest BCUT2D eigenvalue weighted by Gasteiger charge is 2.28. The molecular weight excluding hydrogens is 250 g/mol. The fourth-order valence-corrected chi connectivity index (χ4v) is 3.49. The van der Waals surface area contributed by atoms with Gasteiger partial charge < -0.3 is 5.11 Å². The lowest BCUT2D eigenvalue weighted by molar-refractivity contribution is 0.0627. The molecule has 1 aliphatic rings. The molecule has 0 spiro atoms. The van der Waals surface area contributed by atoms with Crippen LogP contribution >= 0.6 is 0 Å². The van der Waals surface area contributed by atoms with E-state index in [0.717, 1.165) is 5.56 Å². The molecule has 0 radical (unpaired) electrons. The van der Waals surface area contributed by atoms with Crippen molar-refractivity contribution < 1.29 is 13.5 Å². The first-order valence-electron chi connectivity index (χ1n) is 6.17. The van der Waals surface area contributed by atoms with Crippen LogP contribution in [0.2, 0.25) is 0 Å². The molecule has 1 aromatic carbocycles. The molecule has 0 amide bonds. The zero-order chi connectivity index (χ0) is 13.2. The van der Waals surface area contributed by atoms with E-state index in [2.05, 4.69) is 0 Å². The fraction of sp³-hybridized carbons (Fsp3) is 0.538. The van der Waals surface area contributed by atoms with Gasteiger partial charge in [0.25, 0.3) is 0 Å². The predicted molar refractivity (Wildman–Crippen MR) is 71.1 cm³/mol. The first-order valence-corrected chi connectivity index (χ1v) is 7.99. The molecule has 0 aromatic heterocycles. The summed E-state index contributed by atoms with van der Waals surface area (Å²) in [7, 11) is -2.86. The van der Waals surface area contributed by atoms with Gasteiger partial charge in [-0.2, -0.15) is 0 Å². The van der Waals surface area contributed by atoms with Crippen molar-refractivity contribution in [1.29, 1.82) is 0 Å². The van der Waals surface area contributed by atoms with Crippen LogP contribution < -0.4 is 0 Å². The van der Waals surface area contributed by atoms with Gasteiger partial charge in [0.1, 0.15) is 0 Å². The third-order valence-corrected chi connectivity index (χ3v) is 5.16. The topological polar surface area (TPSA) is 57.6 Å². The largest absolute Gasteiger partial charge is 0.387 e. The van der Waals surface area contributed by atoms with E-state index in [9.17, 15) is 13.5 Å². The Hall–Kier alpha value is -0.910. The van der Waals surface area contributed by atoms with Gasteiger partial charge >= 0.3 is 0 Å². The van der Waals surface area contributed by atoms with Crippen LogP contribution in [0.15, 0.2) is 30.3 Å². The molecule has 1 aliphatic heterocycles. The van der Waals surface area contributed by atoms with Crippen LogP contribution in [0.25, 0.3) is 0 Å². The summed E-state index contributed by atoms with van der Waals surface area (Å²) in [6.07, 6.45) is -0.577. The number of benzene rings is 1. The Labute approximate surface area is 108 Å². The SMILES string of the molecule is CC(C(O)c1ccccc1)N1CCS(=O)(=O)CC1. The molecule has 2 unspecified atom stereocenters.